The van der Waals surface area contributed by atoms with E-state index in [-0.39, 0.29) is 5.91 Å². The van der Waals surface area contributed by atoms with Crippen molar-refractivity contribution < 1.29 is 9.53 Å². The summed E-state index contributed by atoms with van der Waals surface area (Å²) in [7, 11) is 0. The average molecular weight is 260 g/mol. The lowest BCUT2D eigenvalue weighted by atomic mass is 10.2. The highest BCUT2D eigenvalue weighted by Gasteiger charge is 2.10. The van der Waals surface area contributed by atoms with Crippen LogP contribution in [0.4, 0.5) is 5.69 Å². The third-order valence-corrected chi connectivity index (χ3v) is 2.57. The molecule has 2 aromatic rings. The van der Waals surface area contributed by atoms with Crippen molar-refractivity contribution in [2.24, 2.45) is 5.73 Å². The zero-order valence-electron chi connectivity index (χ0n) is 10.6. The molecule has 1 amide bonds. The number of carbonyl (C=O) groups excluding carboxylic acids is 1. The first-order valence-corrected chi connectivity index (χ1v) is 5.95. The molecule has 0 saturated heterocycles. The number of hydrogen-bond donors (Lipinski definition) is 3. The molecular weight excluding hydrogens is 244 g/mol. The number of nitrogens with zero attached hydrogens (tertiary/aromatic N) is 1. The molecule has 0 aliphatic carbocycles. The highest BCUT2D eigenvalue weighted by Crippen LogP contribution is 2.16. The van der Waals surface area contributed by atoms with Gasteiger partial charge < -0.3 is 15.8 Å². The molecule has 0 unspecified atom stereocenters. The van der Waals surface area contributed by atoms with Crippen molar-refractivity contribution in [3.05, 3.63) is 41.7 Å². The van der Waals surface area contributed by atoms with Gasteiger partial charge in [0, 0.05) is 17.9 Å². The second kappa shape index (κ2) is 6.01. The van der Waals surface area contributed by atoms with Gasteiger partial charge in [-0.3, -0.25) is 9.89 Å². The minimum Gasteiger partial charge on any atom is -0.492 e. The number of ether oxygens (including phenoxy) is 1. The van der Waals surface area contributed by atoms with E-state index in [0.717, 1.165) is 11.4 Å². The third-order valence-electron chi connectivity index (χ3n) is 2.57. The third kappa shape index (κ3) is 3.32. The van der Waals surface area contributed by atoms with E-state index >= 15 is 0 Å². The Morgan fingerprint density at radius 3 is 2.74 bits per heavy atom. The Hall–Kier alpha value is -2.34. The van der Waals surface area contributed by atoms with Crippen LogP contribution in [-0.2, 0) is 0 Å². The lowest BCUT2D eigenvalue weighted by Gasteiger charge is -2.07. The molecule has 1 aromatic carbocycles. The Morgan fingerprint density at radius 2 is 2.16 bits per heavy atom. The van der Waals surface area contributed by atoms with Gasteiger partial charge in [0.2, 0.25) is 0 Å². The molecule has 0 aliphatic rings. The fourth-order valence-electron chi connectivity index (χ4n) is 1.59. The Balaban J connectivity index is 2.00. The number of benzene rings is 1. The summed E-state index contributed by atoms with van der Waals surface area (Å²) in [4.78, 5) is 11.9. The monoisotopic (exact) mass is 260 g/mol. The first-order chi connectivity index (χ1) is 9.20. The van der Waals surface area contributed by atoms with E-state index in [1.54, 1.807) is 31.2 Å². The average Bonchev–Trinajstić information content (AvgIpc) is 2.84. The van der Waals surface area contributed by atoms with Crippen LogP contribution in [0.5, 0.6) is 5.75 Å². The van der Waals surface area contributed by atoms with Crippen molar-refractivity contribution in [2.45, 2.75) is 6.92 Å². The van der Waals surface area contributed by atoms with Crippen molar-refractivity contribution in [3.8, 4) is 5.75 Å². The van der Waals surface area contributed by atoms with E-state index < -0.39 is 0 Å². The van der Waals surface area contributed by atoms with Gasteiger partial charge in [0.15, 0.2) is 0 Å². The standard InChI is InChI=1S/C13H16N4O2/c1-9-12(8-15-17-9)13(18)16-10-2-4-11(5-3-10)19-7-6-14/h2-5,8H,6-7,14H2,1H3,(H,15,17)(H,16,18). The molecule has 2 rings (SSSR count). The van der Waals surface area contributed by atoms with E-state index in [4.69, 9.17) is 10.5 Å². The predicted molar refractivity (Wildman–Crippen MR) is 72.3 cm³/mol. The lowest BCUT2D eigenvalue weighted by molar-refractivity contribution is 0.102. The van der Waals surface area contributed by atoms with Crippen LogP contribution in [0.25, 0.3) is 0 Å². The smallest absolute Gasteiger partial charge is 0.259 e. The SMILES string of the molecule is Cc1[nH]ncc1C(=O)Nc1ccc(OCCN)cc1. The van der Waals surface area contributed by atoms with Gasteiger partial charge in [-0.1, -0.05) is 0 Å². The maximum Gasteiger partial charge on any atom is 0.259 e. The molecule has 4 N–H and O–H groups in total. The number of aromatic amines is 1. The Morgan fingerprint density at radius 1 is 1.42 bits per heavy atom. The molecule has 19 heavy (non-hydrogen) atoms. The molecule has 1 heterocycles. The topological polar surface area (TPSA) is 93.0 Å². The Kier molecular flexibility index (Phi) is 4.15. The van der Waals surface area contributed by atoms with E-state index in [2.05, 4.69) is 15.5 Å². The van der Waals surface area contributed by atoms with Gasteiger partial charge >= 0.3 is 0 Å². The maximum atomic E-state index is 11.9. The fourth-order valence-corrected chi connectivity index (χ4v) is 1.59. The quantitative estimate of drug-likeness (QED) is 0.755. The minimum atomic E-state index is -0.193. The van der Waals surface area contributed by atoms with Crippen LogP contribution in [0.2, 0.25) is 0 Å². The van der Waals surface area contributed by atoms with Crippen LogP contribution in [0.15, 0.2) is 30.5 Å². The van der Waals surface area contributed by atoms with Crippen molar-refractivity contribution in [2.75, 3.05) is 18.5 Å². The number of anilines is 1. The van der Waals surface area contributed by atoms with E-state index in [1.165, 1.54) is 6.20 Å². The fraction of sp³-hybridized carbons (Fsp3) is 0.231. The van der Waals surface area contributed by atoms with Crippen LogP contribution in [0.1, 0.15) is 16.1 Å². The molecule has 1 aromatic heterocycles. The number of carbonyl (C=O) groups is 1. The minimum absolute atomic E-state index is 0.193. The molecule has 0 fully saturated rings. The summed E-state index contributed by atoms with van der Waals surface area (Å²) in [6.45, 7) is 2.74. The van der Waals surface area contributed by atoms with Crippen LogP contribution >= 0.6 is 0 Å². The van der Waals surface area contributed by atoms with Gasteiger partial charge in [0.1, 0.15) is 12.4 Å². The largest absolute Gasteiger partial charge is 0.492 e. The maximum absolute atomic E-state index is 11.9. The highest BCUT2D eigenvalue weighted by atomic mass is 16.5. The van der Waals surface area contributed by atoms with Gasteiger partial charge in [-0.05, 0) is 31.2 Å². The van der Waals surface area contributed by atoms with Crippen molar-refractivity contribution in [1.29, 1.82) is 0 Å². The first kappa shape index (κ1) is 13.1. The van der Waals surface area contributed by atoms with Crippen LogP contribution in [-0.4, -0.2) is 29.3 Å². The molecule has 0 aliphatic heterocycles. The number of nitrogens with two attached hydrogens (primary N) is 1. The van der Waals surface area contributed by atoms with Gasteiger partial charge in [-0.2, -0.15) is 5.10 Å². The summed E-state index contributed by atoms with van der Waals surface area (Å²) in [6.07, 6.45) is 1.50. The summed E-state index contributed by atoms with van der Waals surface area (Å²) in [6, 6.07) is 7.12. The molecule has 0 radical (unpaired) electrons. The van der Waals surface area contributed by atoms with E-state index in [9.17, 15) is 4.79 Å². The number of aryl methyl sites for hydroxylation is 1. The second-order valence-electron chi connectivity index (χ2n) is 4.02. The first-order valence-electron chi connectivity index (χ1n) is 5.95. The number of H-pyrrole nitrogens is 1. The molecule has 6 heteroatoms. The summed E-state index contributed by atoms with van der Waals surface area (Å²) in [5.41, 5.74) is 7.32. The molecule has 0 atom stereocenters. The van der Waals surface area contributed by atoms with E-state index in [1.807, 2.05) is 0 Å². The summed E-state index contributed by atoms with van der Waals surface area (Å²) >= 11 is 0. The number of aromatic nitrogens is 2. The summed E-state index contributed by atoms with van der Waals surface area (Å²) in [5, 5.41) is 9.33. The Labute approximate surface area is 111 Å². The summed E-state index contributed by atoms with van der Waals surface area (Å²) < 4.78 is 5.35. The van der Waals surface area contributed by atoms with Crippen molar-refractivity contribution in [1.82, 2.24) is 10.2 Å². The normalized spacial score (nSPS) is 10.2. The van der Waals surface area contributed by atoms with E-state index in [0.29, 0.717) is 24.4 Å². The molecule has 100 valence electrons. The molecule has 0 spiro atoms. The Bertz CT molecular complexity index is 548. The zero-order valence-corrected chi connectivity index (χ0v) is 10.6. The molecular formula is C13H16N4O2. The number of rotatable bonds is 5. The molecule has 6 nitrogen and oxygen atoms in total. The van der Waals surface area contributed by atoms with Gasteiger partial charge in [-0.25, -0.2) is 0 Å². The zero-order chi connectivity index (χ0) is 13.7. The number of nitrogens with one attached hydrogen (secondary N) is 2. The van der Waals surface area contributed by atoms with Crippen LogP contribution in [0, 0.1) is 6.92 Å². The van der Waals surface area contributed by atoms with Crippen molar-refractivity contribution in [3.63, 3.8) is 0 Å². The lowest BCUT2D eigenvalue weighted by Crippen LogP contribution is -2.12. The molecule has 0 bridgehead atoms. The van der Waals surface area contributed by atoms with Gasteiger partial charge in [0.25, 0.3) is 5.91 Å². The summed E-state index contributed by atoms with van der Waals surface area (Å²) in [5.74, 6) is 0.532. The highest BCUT2D eigenvalue weighted by molar-refractivity contribution is 6.04. The van der Waals surface area contributed by atoms with Crippen LogP contribution in [0.3, 0.4) is 0 Å². The van der Waals surface area contributed by atoms with Gasteiger partial charge in [-0.15, -0.1) is 0 Å². The van der Waals surface area contributed by atoms with Crippen molar-refractivity contribution >= 4 is 11.6 Å². The number of amides is 1. The van der Waals surface area contributed by atoms with Crippen LogP contribution < -0.4 is 15.8 Å². The predicted octanol–water partition coefficient (Wildman–Crippen LogP) is 1.31. The second-order valence-corrected chi connectivity index (χ2v) is 4.02. The van der Waals surface area contributed by atoms with Gasteiger partial charge in [0.05, 0.1) is 11.8 Å². The number of hydrogen-bond acceptors (Lipinski definition) is 4. The molecule has 0 saturated carbocycles.